The summed E-state index contributed by atoms with van der Waals surface area (Å²) in [4.78, 5) is 20.0. The van der Waals surface area contributed by atoms with Crippen molar-refractivity contribution in [1.29, 1.82) is 0 Å². The van der Waals surface area contributed by atoms with Crippen LogP contribution in [-0.2, 0) is 4.79 Å². The minimum absolute atomic E-state index is 0.137. The van der Waals surface area contributed by atoms with E-state index in [1.807, 2.05) is 24.3 Å². The Labute approximate surface area is 162 Å². The summed E-state index contributed by atoms with van der Waals surface area (Å²) in [6.07, 6.45) is 0. The van der Waals surface area contributed by atoms with Gasteiger partial charge in [0, 0.05) is 10.9 Å². The van der Waals surface area contributed by atoms with Crippen LogP contribution in [-0.4, -0.2) is 31.3 Å². The van der Waals surface area contributed by atoms with Crippen LogP contribution >= 0.6 is 23.4 Å². The Hall–Kier alpha value is -2.71. The third-order valence-corrected chi connectivity index (χ3v) is 5.21. The molecule has 1 amide bonds. The molecule has 0 unspecified atom stereocenters. The molecule has 6 nitrogen and oxygen atoms in total. The monoisotopic (exact) mass is 401 g/mol. The van der Waals surface area contributed by atoms with Gasteiger partial charge >= 0.3 is 0 Å². The standard InChI is InChI=1S/C18H13ClFN5OS/c1-9(17(26)22-14-7-6-10(20)8-12(14)19)27-18-23-16-15(24-25-18)11-4-2-3-5-13(11)21-16/h2-9H,1H3,(H,22,26)(H,21,23,25)/t9-/m0/s1. The van der Waals surface area contributed by atoms with E-state index in [1.165, 1.54) is 23.9 Å². The maximum absolute atomic E-state index is 13.1. The van der Waals surface area contributed by atoms with Crippen LogP contribution in [0.2, 0.25) is 5.02 Å². The first-order valence-electron chi connectivity index (χ1n) is 8.05. The number of carbonyl (C=O) groups excluding carboxylic acids is 1. The Morgan fingerprint density at radius 3 is 2.89 bits per heavy atom. The summed E-state index contributed by atoms with van der Waals surface area (Å²) in [5.41, 5.74) is 2.57. The van der Waals surface area contributed by atoms with Gasteiger partial charge in [-0.25, -0.2) is 9.37 Å². The van der Waals surface area contributed by atoms with Gasteiger partial charge in [-0.1, -0.05) is 41.6 Å². The molecule has 9 heteroatoms. The summed E-state index contributed by atoms with van der Waals surface area (Å²) < 4.78 is 13.1. The van der Waals surface area contributed by atoms with Crippen molar-refractivity contribution in [3.05, 3.63) is 53.3 Å². The number of hydrogen-bond acceptors (Lipinski definition) is 5. The highest BCUT2D eigenvalue weighted by Gasteiger charge is 2.18. The van der Waals surface area contributed by atoms with Crippen LogP contribution in [0.5, 0.6) is 0 Å². The summed E-state index contributed by atoms with van der Waals surface area (Å²) in [6.45, 7) is 1.72. The number of nitrogens with zero attached hydrogens (tertiary/aromatic N) is 3. The number of amides is 1. The van der Waals surface area contributed by atoms with Gasteiger partial charge in [0.25, 0.3) is 0 Å². The van der Waals surface area contributed by atoms with Crippen molar-refractivity contribution < 1.29 is 9.18 Å². The lowest BCUT2D eigenvalue weighted by atomic mass is 10.2. The van der Waals surface area contributed by atoms with E-state index in [-0.39, 0.29) is 10.9 Å². The lowest BCUT2D eigenvalue weighted by molar-refractivity contribution is -0.115. The second-order valence-electron chi connectivity index (χ2n) is 5.84. The first-order chi connectivity index (χ1) is 13.0. The summed E-state index contributed by atoms with van der Waals surface area (Å²) >= 11 is 7.11. The molecular weight excluding hydrogens is 389 g/mol. The lowest BCUT2D eigenvalue weighted by Crippen LogP contribution is -2.23. The van der Waals surface area contributed by atoms with Crippen LogP contribution in [0.3, 0.4) is 0 Å². The van der Waals surface area contributed by atoms with Crippen LogP contribution in [0.1, 0.15) is 6.92 Å². The van der Waals surface area contributed by atoms with E-state index in [1.54, 1.807) is 6.92 Å². The Balaban J connectivity index is 1.52. The van der Waals surface area contributed by atoms with Crippen molar-refractivity contribution in [2.45, 2.75) is 17.3 Å². The normalized spacial score (nSPS) is 12.4. The number of hydrogen-bond donors (Lipinski definition) is 2. The fourth-order valence-corrected chi connectivity index (χ4v) is 3.52. The summed E-state index contributed by atoms with van der Waals surface area (Å²) in [6, 6.07) is 11.5. The number of para-hydroxylation sites is 1. The smallest absolute Gasteiger partial charge is 0.237 e. The van der Waals surface area contributed by atoms with Crippen molar-refractivity contribution >= 4 is 57.0 Å². The molecule has 2 heterocycles. The zero-order chi connectivity index (χ0) is 19.0. The molecule has 2 aromatic carbocycles. The fraction of sp³-hybridized carbons (Fsp3) is 0.111. The molecule has 2 aromatic heterocycles. The number of rotatable bonds is 4. The molecule has 0 aliphatic carbocycles. The van der Waals surface area contributed by atoms with Gasteiger partial charge in [0.05, 0.1) is 16.0 Å². The molecular formula is C18H13ClFN5OS. The second-order valence-corrected chi connectivity index (χ2v) is 7.55. The zero-order valence-corrected chi connectivity index (χ0v) is 15.6. The Morgan fingerprint density at radius 2 is 2.07 bits per heavy atom. The molecule has 0 spiro atoms. The third-order valence-electron chi connectivity index (χ3n) is 3.94. The molecule has 0 aliphatic rings. The quantitative estimate of drug-likeness (QED) is 0.494. The van der Waals surface area contributed by atoms with Crippen LogP contribution in [0.25, 0.3) is 22.1 Å². The molecule has 0 saturated heterocycles. The molecule has 136 valence electrons. The summed E-state index contributed by atoms with van der Waals surface area (Å²) in [5.74, 6) is -0.764. The maximum atomic E-state index is 13.1. The van der Waals surface area contributed by atoms with Crippen LogP contribution in [0.4, 0.5) is 10.1 Å². The molecule has 0 saturated carbocycles. The number of carbonyl (C=O) groups is 1. The van der Waals surface area contributed by atoms with Crippen molar-refractivity contribution in [2.24, 2.45) is 0 Å². The van der Waals surface area contributed by atoms with E-state index in [0.717, 1.165) is 17.0 Å². The van der Waals surface area contributed by atoms with E-state index in [4.69, 9.17) is 11.6 Å². The molecule has 0 bridgehead atoms. The number of benzene rings is 2. The van der Waals surface area contributed by atoms with E-state index >= 15 is 0 Å². The molecule has 0 aliphatic heterocycles. The number of anilines is 1. The molecule has 2 N–H and O–H groups in total. The highest BCUT2D eigenvalue weighted by Crippen LogP contribution is 2.27. The Bertz CT molecular complexity index is 1170. The maximum Gasteiger partial charge on any atom is 0.237 e. The summed E-state index contributed by atoms with van der Waals surface area (Å²) in [5, 5.41) is 12.0. The number of aromatic amines is 1. The number of thioether (sulfide) groups is 1. The SMILES string of the molecule is C[C@H](Sc1nnc2c(n1)[nH]c1ccccc12)C(=O)Nc1ccc(F)cc1Cl. The minimum atomic E-state index is -0.505. The van der Waals surface area contributed by atoms with Gasteiger partial charge in [-0.05, 0) is 31.2 Å². The average Bonchev–Trinajstić information content (AvgIpc) is 3.01. The number of halogens is 2. The van der Waals surface area contributed by atoms with Crippen molar-refractivity contribution in [3.63, 3.8) is 0 Å². The minimum Gasteiger partial charge on any atom is -0.338 e. The fourth-order valence-electron chi connectivity index (χ4n) is 2.59. The van der Waals surface area contributed by atoms with Gasteiger partial charge in [-0.2, -0.15) is 0 Å². The topological polar surface area (TPSA) is 83.6 Å². The lowest BCUT2D eigenvalue weighted by Gasteiger charge is -2.11. The largest absolute Gasteiger partial charge is 0.338 e. The van der Waals surface area contributed by atoms with Crippen molar-refractivity contribution in [3.8, 4) is 0 Å². The predicted octanol–water partition coefficient (Wildman–Crippen LogP) is 4.42. The first-order valence-corrected chi connectivity index (χ1v) is 9.31. The van der Waals surface area contributed by atoms with Gasteiger partial charge in [-0.3, -0.25) is 4.79 Å². The molecule has 4 aromatic rings. The highest BCUT2D eigenvalue weighted by atomic mass is 35.5. The van der Waals surface area contributed by atoms with Crippen LogP contribution in [0.15, 0.2) is 47.6 Å². The number of fused-ring (bicyclic) bond motifs is 3. The van der Waals surface area contributed by atoms with E-state index < -0.39 is 11.1 Å². The molecule has 27 heavy (non-hydrogen) atoms. The molecule has 0 fully saturated rings. The van der Waals surface area contributed by atoms with E-state index in [0.29, 0.717) is 22.0 Å². The van der Waals surface area contributed by atoms with Crippen LogP contribution in [0, 0.1) is 5.82 Å². The zero-order valence-electron chi connectivity index (χ0n) is 14.0. The molecule has 4 rings (SSSR count). The van der Waals surface area contributed by atoms with Gasteiger partial charge in [0.1, 0.15) is 11.3 Å². The van der Waals surface area contributed by atoms with Crippen LogP contribution < -0.4 is 5.32 Å². The Kier molecular flexibility index (Phi) is 4.67. The number of aromatic nitrogens is 4. The average molecular weight is 402 g/mol. The van der Waals surface area contributed by atoms with E-state index in [2.05, 4.69) is 25.5 Å². The van der Waals surface area contributed by atoms with Gasteiger partial charge < -0.3 is 10.3 Å². The first kappa shape index (κ1) is 17.7. The van der Waals surface area contributed by atoms with Crippen molar-refractivity contribution in [1.82, 2.24) is 20.2 Å². The summed E-state index contributed by atoms with van der Waals surface area (Å²) in [7, 11) is 0. The number of nitrogens with one attached hydrogen (secondary N) is 2. The number of H-pyrrole nitrogens is 1. The molecule has 0 radical (unpaired) electrons. The molecule has 1 atom stereocenters. The third kappa shape index (κ3) is 3.58. The Morgan fingerprint density at radius 1 is 1.26 bits per heavy atom. The van der Waals surface area contributed by atoms with E-state index in [9.17, 15) is 9.18 Å². The second kappa shape index (κ2) is 7.13. The van der Waals surface area contributed by atoms with Gasteiger partial charge in [-0.15, -0.1) is 10.2 Å². The predicted molar refractivity (Wildman–Crippen MR) is 105 cm³/mol. The highest BCUT2D eigenvalue weighted by molar-refractivity contribution is 8.00. The van der Waals surface area contributed by atoms with Gasteiger partial charge in [0.2, 0.25) is 11.1 Å². The van der Waals surface area contributed by atoms with Crippen molar-refractivity contribution in [2.75, 3.05) is 5.32 Å². The van der Waals surface area contributed by atoms with Gasteiger partial charge in [0.15, 0.2) is 5.65 Å².